The van der Waals surface area contributed by atoms with Gasteiger partial charge < -0.3 is 4.90 Å². The van der Waals surface area contributed by atoms with Gasteiger partial charge in [0.25, 0.3) is 0 Å². The normalized spacial score (nSPS) is 15.8. The molecule has 0 aliphatic carbocycles. The summed E-state index contributed by atoms with van der Waals surface area (Å²) in [5.41, 5.74) is 0.775. The molecule has 0 saturated carbocycles. The number of carbonyl (C=O) groups is 1. The van der Waals surface area contributed by atoms with Gasteiger partial charge in [0.1, 0.15) is 0 Å². The summed E-state index contributed by atoms with van der Waals surface area (Å²) in [6.07, 6.45) is 7.58. The van der Waals surface area contributed by atoms with Crippen molar-refractivity contribution in [3.8, 4) is 0 Å². The smallest absolute Gasteiger partial charge is 0.175 e. The monoisotopic (exact) mass is 163 g/mol. The van der Waals surface area contributed by atoms with Crippen molar-refractivity contribution in [3.63, 3.8) is 0 Å². The van der Waals surface area contributed by atoms with E-state index in [1.54, 1.807) is 13.0 Å². The van der Waals surface area contributed by atoms with Crippen molar-refractivity contribution in [2.75, 3.05) is 13.1 Å². The zero-order valence-corrected chi connectivity index (χ0v) is 7.29. The van der Waals surface area contributed by atoms with Crippen LogP contribution in [0.2, 0.25) is 0 Å². The zero-order valence-electron chi connectivity index (χ0n) is 7.29. The second-order valence-corrected chi connectivity index (χ2v) is 2.73. The van der Waals surface area contributed by atoms with Gasteiger partial charge in [-0.3, -0.25) is 4.79 Å². The van der Waals surface area contributed by atoms with Crippen LogP contribution in [0, 0.1) is 0 Å². The molecule has 1 rings (SSSR count). The first-order valence-electron chi connectivity index (χ1n) is 3.99. The second kappa shape index (κ2) is 3.90. The summed E-state index contributed by atoms with van der Waals surface area (Å²) in [4.78, 5) is 13.1. The Kier molecular flexibility index (Phi) is 2.86. The summed E-state index contributed by atoms with van der Waals surface area (Å²) < 4.78 is 0. The summed E-state index contributed by atoms with van der Waals surface area (Å²) in [5, 5.41) is 0. The predicted octanol–water partition coefficient (Wildman–Crippen LogP) is 1.52. The maximum Gasteiger partial charge on any atom is 0.175 e. The lowest BCUT2D eigenvalue weighted by Gasteiger charge is -2.24. The highest BCUT2D eigenvalue weighted by atomic mass is 16.1. The van der Waals surface area contributed by atoms with E-state index < -0.39 is 0 Å². The fraction of sp³-hybridized carbons (Fsp3) is 0.300. The molecule has 1 heterocycles. The molecular weight excluding hydrogens is 150 g/mol. The lowest BCUT2D eigenvalue weighted by Crippen LogP contribution is -2.28. The van der Waals surface area contributed by atoms with E-state index in [4.69, 9.17) is 0 Å². The molecule has 0 unspecified atom stereocenters. The third-order valence-corrected chi connectivity index (χ3v) is 1.77. The standard InChI is InChI=1S/C10H13NO/c1-3-7-11-8-5-4-6-10(11)9(2)12/h3-6H,1,7-8H2,2H3. The molecule has 0 aromatic carbocycles. The number of allylic oxidation sites excluding steroid dienone is 3. The minimum absolute atomic E-state index is 0.112. The van der Waals surface area contributed by atoms with E-state index in [2.05, 4.69) is 6.58 Å². The number of ketones is 1. The van der Waals surface area contributed by atoms with Crippen molar-refractivity contribution in [1.82, 2.24) is 4.90 Å². The van der Waals surface area contributed by atoms with Crippen LogP contribution in [-0.2, 0) is 4.79 Å². The van der Waals surface area contributed by atoms with Crippen molar-refractivity contribution in [1.29, 1.82) is 0 Å². The molecule has 0 bridgehead atoms. The first-order valence-corrected chi connectivity index (χ1v) is 3.99. The van der Waals surface area contributed by atoms with Crippen LogP contribution in [0.4, 0.5) is 0 Å². The van der Waals surface area contributed by atoms with Crippen molar-refractivity contribution >= 4 is 5.78 Å². The SMILES string of the molecule is C=CCN1CC=CC=C1C(C)=O. The summed E-state index contributed by atoms with van der Waals surface area (Å²) in [6.45, 7) is 6.76. The van der Waals surface area contributed by atoms with Crippen LogP contribution in [0.5, 0.6) is 0 Å². The summed E-state index contributed by atoms with van der Waals surface area (Å²) in [5.74, 6) is 0.112. The Bertz CT molecular complexity index is 249. The van der Waals surface area contributed by atoms with Crippen LogP contribution in [0.3, 0.4) is 0 Å². The van der Waals surface area contributed by atoms with E-state index in [1.165, 1.54) is 0 Å². The molecule has 0 radical (unpaired) electrons. The fourth-order valence-corrected chi connectivity index (χ4v) is 1.22. The maximum atomic E-state index is 11.1. The van der Waals surface area contributed by atoms with E-state index in [9.17, 15) is 4.79 Å². The van der Waals surface area contributed by atoms with Crippen LogP contribution < -0.4 is 0 Å². The van der Waals surface area contributed by atoms with E-state index in [-0.39, 0.29) is 5.78 Å². The minimum atomic E-state index is 0.112. The topological polar surface area (TPSA) is 20.3 Å². The molecule has 2 nitrogen and oxygen atoms in total. The molecule has 0 aromatic rings. The van der Waals surface area contributed by atoms with E-state index in [0.29, 0.717) is 0 Å². The molecule has 0 amide bonds. The van der Waals surface area contributed by atoms with Crippen LogP contribution in [0.15, 0.2) is 36.6 Å². The zero-order chi connectivity index (χ0) is 8.97. The molecule has 12 heavy (non-hydrogen) atoms. The van der Waals surface area contributed by atoms with E-state index in [1.807, 2.05) is 23.1 Å². The molecule has 0 saturated heterocycles. The number of rotatable bonds is 3. The highest BCUT2D eigenvalue weighted by Crippen LogP contribution is 2.10. The largest absolute Gasteiger partial charge is 0.361 e. The Balaban J connectivity index is 2.76. The van der Waals surface area contributed by atoms with Gasteiger partial charge in [0.2, 0.25) is 0 Å². The number of hydrogen-bond acceptors (Lipinski definition) is 2. The summed E-state index contributed by atoms with van der Waals surface area (Å²) in [7, 11) is 0. The average Bonchev–Trinajstić information content (AvgIpc) is 2.05. The molecule has 0 atom stereocenters. The maximum absolute atomic E-state index is 11.1. The Morgan fingerprint density at radius 1 is 1.83 bits per heavy atom. The summed E-state index contributed by atoms with van der Waals surface area (Å²) in [6, 6.07) is 0. The molecule has 0 spiro atoms. The van der Waals surface area contributed by atoms with E-state index >= 15 is 0 Å². The number of nitrogens with zero attached hydrogens (tertiary/aromatic N) is 1. The van der Waals surface area contributed by atoms with Crippen molar-refractivity contribution in [2.24, 2.45) is 0 Å². The number of hydrogen-bond donors (Lipinski definition) is 0. The van der Waals surface area contributed by atoms with Gasteiger partial charge in [-0.25, -0.2) is 0 Å². The lowest BCUT2D eigenvalue weighted by atomic mass is 10.2. The second-order valence-electron chi connectivity index (χ2n) is 2.73. The van der Waals surface area contributed by atoms with Crippen LogP contribution >= 0.6 is 0 Å². The Labute approximate surface area is 72.9 Å². The summed E-state index contributed by atoms with van der Waals surface area (Å²) >= 11 is 0. The number of carbonyl (C=O) groups excluding carboxylic acids is 1. The highest BCUT2D eigenvalue weighted by molar-refractivity contribution is 5.93. The molecule has 2 heteroatoms. The van der Waals surface area contributed by atoms with Crippen LogP contribution in [0.1, 0.15) is 6.92 Å². The average molecular weight is 163 g/mol. The lowest BCUT2D eigenvalue weighted by molar-refractivity contribution is -0.115. The quantitative estimate of drug-likeness (QED) is 0.588. The van der Waals surface area contributed by atoms with Crippen molar-refractivity contribution < 1.29 is 4.79 Å². The molecular formula is C10H13NO. The fourth-order valence-electron chi connectivity index (χ4n) is 1.22. The minimum Gasteiger partial charge on any atom is -0.361 e. The van der Waals surface area contributed by atoms with Crippen LogP contribution in [0.25, 0.3) is 0 Å². The van der Waals surface area contributed by atoms with Crippen molar-refractivity contribution in [2.45, 2.75) is 6.92 Å². The van der Waals surface area contributed by atoms with Gasteiger partial charge in [0.15, 0.2) is 5.78 Å². The first-order chi connectivity index (χ1) is 5.75. The Morgan fingerprint density at radius 2 is 2.58 bits per heavy atom. The third kappa shape index (κ3) is 1.84. The molecule has 0 aromatic heterocycles. The number of Topliss-reactive ketones (excluding diaryl/α,β-unsaturated/α-hetero) is 1. The third-order valence-electron chi connectivity index (χ3n) is 1.77. The molecule has 1 aliphatic heterocycles. The van der Waals surface area contributed by atoms with Crippen LogP contribution in [-0.4, -0.2) is 23.8 Å². The van der Waals surface area contributed by atoms with E-state index in [0.717, 1.165) is 18.8 Å². The Morgan fingerprint density at radius 3 is 3.17 bits per heavy atom. The first kappa shape index (κ1) is 8.78. The Hall–Kier alpha value is -1.31. The van der Waals surface area contributed by atoms with Gasteiger partial charge in [-0.15, -0.1) is 6.58 Å². The van der Waals surface area contributed by atoms with Gasteiger partial charge in [-0.05, 0) is 6.08 Å². The van der Waals surface area contributed by atoms with Crippen molar-refractivity contribution in [3.05, 3.63) is 36.6 Å². The van der Waals surface area contributed by atoms with Gasteiger partial charge >= 0.3 is 0 Å². The van der Waals surface area contributed by atoms with Gasteiger partial charge in [0, 0.05) is 20.0 Å². The van der Waals surface area contributed by atoms with Gasteiger partial charge in [-0.1, -0.05) is 18.2 Å². The molecule has 0 fully saturated rings. The van der Waals surface area contributed by atoms with Gasteiger partial charge in [-0.2, -0.15) is 0 Å². The molecule has 0 N–H and O–H groups in total. The predicted molar refractivity (Wildman–Crippen MR) is 49.7 cm³/mol. The molecule has 64 valence electrons. The highest BCUT2D eigenvalue weighted by Gasteiger charge is 2.12. The molecule has 1 aliphatic rings. The van der Waals surface area contributed by atoms with Gasteiger partial charge in [0.05, 0.1) is 5.70 Å².